The first-order valence-corrected chi connectivity index (χ1v) is 5.21. The van der Waals surface area contributed by atoms with Gasteiger partial charge >= 0.3 is 0 Å². The van der Waals surface area contributed by atoms with Crippen LogP contribution in [-0.4, -0.2) is 23.3 Å². The fourth-order valence-corrected chi connectivity index (χ4v) is 2.73. The second kappa shape index (κ2) is 3.35. The first-order chi connectivity index (χ1) is 5.77. The van der Waals surface area contributed by atoms with Crippen LogP contribution in [0.3, 0.4) is 0 Å². The van der Waals surface area contributed by atoms with Crippen molar-refractivity contribution in [3.8, 4) is 0 Å². The summed E-state index contributed by atoms with van der Waals surface area (Å²) in [7, 11) is 0. The number of aliphatic hydroxyl groups is 1. The fourth-order valence-electron chi connectivity index (χ4n) is 2.73. The van der Waals surface area contributed by atoms with E-state index in [0.29, 0.717) is 18.0 Å². The van der Waals surface area contributed by atoms with Crippen LogP contribution in [0.4, 0.5) is 0 Å². The van der Waals surface area contributed by atoms with Gasteiger partial charge in [0.2, 0.25) is 0 Å². The van der Waals surface area contributed by atoms with E-state index in [9.17, 15) is 5.11 Å². The van der Waals surface area contributed by atoms with Gasteiger partial charge in [-0.05, 0) is 39.0 Å². The summed E-state index contributed by atoms with van der Waals surface area (Å²) in [5.74, 6) is 0.551. The van der Waals surface area contributed by atoms with E-state index >= 15 is 0 Å². The molecule has 0 aromatic rings. The molecule has 2 fully saturated rings. The standard InChI is InChI=1S/C10H19NO/c1-7-5-6-8-9(11-7)3-2-4-10(8)12/h7-12H,2-6H2,1H3/t7-,8-,9-,10+/m0/s1. The van der Waals surface area contributed by atoms with Gasteiger partial charge in [-0.25, -0.2) is 0 Å². The van der Waals surface area contributed by atoms with Gasteiger partial charge in [-0.3, -0.25) is 0 Å². The summed E-state index contributed by atoms with van der Waals surface area (Å²) in [5, 5.41) is 13.3. The Morgan fingerprint density at radius 1 is 1.17 bits per heavy atom. The Morgan fingerprint density at radius 2 is 2.00 bits per heavy atom. The molecule has 0 aromatic carbocycles. The van der Waals surface area contributed by atoms with Gasteiger partial charge in [-0.15, -0.1) is 0 Å². The zero-order valence-corrected chi connectivity index (χ0v) is 7.79. The van der Waals surface area contributed by atoms with Crippen molar-refractivity contribution in [1.82, 2.24) is 5.32 Å². The van der Waals surface area contributed by atoms with Crippen LogP contribution < -0.4 is 5.32 Å². The summed E-state index contributed by atoms with van der Waals surface area (Å²) >= 11 is 0. The summed E-state index contributed by atoms with van der Waals surface area (Å²) in [5.41, 5.74) is 0. The van der Waals surface area contributed by atoms with Gasteiger partial charge in [-0.1, -0.05) is 0 Å². The number of piperidine rings is 1. The van der Waals surface area contributed by atoms with Crippen molar-refractivity contribution < 1.29 is 5.11 Å². The average molecular weight is 169 g/mol. The number of rotatable bonds is 0. The van der Waals surface area contributed by atoms with Gasteiger partial charge in [0.05, 0.1) is 6.10 Å². The Bertz CT molecular complexity index is 160. The lowest BCUT2D eigenvalue weighted by Gasteiger charge is -2.42. The van der Waals surface area contributed by atoms with Gasteiger partial charge in [0, 0.05) is 18.0 Å². The van der Waals surface area contributed by atoms with Crippen LogP contribution in [0.1, 0.15) is 39.0 Å². The zero-order chi connectivity index (χ0) is 8.55. The molecular formula is C10H19NO. The number of fused-ring (bicyclic) bond motifs is 1. The van der Waals surface area contributed by atoms with E-state index in [1.54, 1.807) is 0 Å². The summed E-state index contributed by atoms with van der Waals surface area (Å²) in [4.78, 5) is 0. The molecule has 1 saturated carbocycles. The molecule has 2 nitrogen and oxygen atoms in total. The third-order valence-electron chi connectivity index (χ3n) is 3.46. The quantitative estimate of drug-likeness (QED) is 0.572. The molecule has 1 saturated heterocycles. The summed E-state index contributed by atoms with van der Waals surface area (Å²) in [6, 6.07) is 1.27. The van der Waals surface area contributed by atoms with Crippen molar-refractivity contribution in [1.29, 1.82) is 0 Å². The molecule has 0 unspecified atom stereocenters. The van der Waals surface area contributed by atoms with Crippen molar-refractivity contribution in [2.24, 2.45) is 5.92 Å². The van der Waals surface area contributed by atoms with Crippen LogP contribution >= 0.6 is 0 Å². The predicted octanol–water partition coefficient (Wildman–Crippen LogP) is 1.29. The Morgan fingerprint density at radius 3 is 2.83 bits per heavy atom. The molecule has 0 aromatic heterocycles. The van der Waals surface area contributed by atoms with Gasteiger partial charge in [-0.2, -0.15) is 0 Å². The van der Waals surface area contributed by atoms with Crippen LogP contribution in [0.5, 0.6) is 0 Å². The first-order valence-electron chi connectivity index (χ1n) is 5.21. The molecule has 70 valence electrons. The molecule has 2 N–H and O–H groups in total. The highest BCUT2D eigenvalue weighted by molar-refractivity contribution is 4.91. The van der Waals surface area contributed by atoms with Crippen LogP contribution in [0, 0.1) is 5.92 Å². The highest BCUT2D eigenvalue weighted by Crippen LogP contribution is 2.32. The van der Waals surface area contributed by atoms with Gasteiger partial charge in [0.15, 0.2) is 0 Å². The molecule has 0 amide bonds. The van der Waals surface area contributed by atoms with Gasteiger partial charge in [0.25, 0.3) is 0 Å². The van der Waals surface area contributed by atoms with E-state index in [-0.39, 0.29) is 6.10 Å². The number of hydrogen-bond acceptors (Lipinski definition) is 2. The van der Waals surface area contributed by atoms with Crippen molar-refractivity contribution >= 4 is 0 Å². The maximum Gasteiger partial charge on any atom is 0.0583 e. The van der Waals surface area contributed by atoms with Crippen LogP contribution in [0.25, 0.3) is 0 Å². The Hall–Kier alpha value is -0.0800. The topological polar surface area (TPSA) is 32.3 Å². The minimum absolute atomic E-state index is 0.0243. The molecule has 2 rings (SSSR count). The van der Waals surface area contributed by atoms with Crippen LogP contribution in [-0.2, 0) is 0 Å². The van der Waals surface area contributed by atoms with E-state index in [4.69, 9.17) is 0 Å². The van der Waals surface area contributed by atoms with E-state index < -0.39 is 0 Å². The van der Waals surface area contributed by atoms with Gasteiger partial charge < -0.3 is 10.4 Å². The second-order valence-electron chi connectivity index (χ2n) is 4.41. The number of nitrogens with one attached hydrogen (secondary N) is 1. The summed E-state index contributed by atoms with van der Waals surface area (Å²) in [6.07, 6.45) is 5.92. The second-order valence-corrected chi connectivity index (χ2v) is 4.41. The van der Waals surface area contributed by atoms with Crippen LogP contribution in [0.2, 0.25) is 0 Å². The SMILES string of the molecule is C[C@H]1CC[C@@H]2[C@H](O)CCC[C@@H]2N1. The van der Waals surface area contributed by atoms with Crippen molar-refractivity contribution in [3.05, 3.63) is 0 Å². The lowest BCUT2D eigenvalue weighted by atomic mass is 9.76. The summed E-state index contributed by atoms with van der Waals surface area (Å²) in [6.45, 7) is 2.25. The molecule has 2 aliphatic rings. The molecule has 1 heterocycles. The smallest absolute Gasteiger partial charge is 0.0583 e. The lowest BCUT2D eigenvalue weighted by molar-refractivity contribution is 0.0229. The average Bonchev–Trinajstić information content (AvgIpc) is 2.04. The Labute approximate surface area is 74.4 Å². The molecule has 0 spiro atoms. The van der Waals surface area contributed by atoms with E-state index in [0.717, 1.165) is 6.42 Å². The normalized spacial score (nSPS) is 48.5. The van der Waals surface area contributed by atoms with Crippen molar-refractivity contribution in [2.45, 2.75) is 57.2 Å². The highest BCUT2D eigenvalue weighted by Gasteiger charge is 2.35. The molecule has 4 atom stereocenters. The highest BCUT2D eigenvalue weighted by atomic mass is 16.3. The van der Waals surface area contributed by atoms with Crippen molar-refractivity contribution in [2.75, 3.05) is 0 Å². The fraction of sp³-hybridized carbons (Fsp3) is 1.00. The molecular weight excluding hydrogens is 150 g/mol. The third kappa shape index (κ3) is 1.50. The van der Waals surface area contributed by atoms with E-state index in [1.807, 2.05) is 0 Å². The predicted molar refractivity (Wildman–Crippen MR) is 49.0 cm³/mol. The monoisotopic (exact) mass is 169 g/mol. The minimum atomic E-state index is -0.0243. The molecule has 1 aliphatic carbocycles. The minimum Gasteiger partial charge on any atom is -0.393 e. The largest absolute Gasteiger partial charge is 0.393 e. The zero-order valence-electron chi connectivity index (χ0n) is 7.79. The molecule has 2 heteroatoms. The van der Waals surface area contributed by atoms with Crippen LogP contribution in [0.15, 0.2) is 0 Å². The third-order valence-corrected chi connectivity index (χ3v) is 3.46. The Balaban J connectivity index is 1.99. The molecule has 0 radical (unpaired) electrons. The van der Waals surface area contributed by atoms with E-state index in [2.05, 4.69) is 12.2 Å². The maximum atomic E-state index is 9.75. The number of aliphatic hydroxyl groups excluding tert-OH is 1. The summed E-state index contributed by atoms with van der Waals surface area (Å²) < 4.78 is 0. The van der Waals surface area contributed by atoms with E-state index in [1.165, 1.54) is 25.7 Å². The lowest BCUT2D eigenvalue weighted by Crippen LogP contribution is -2.52. The van der Waals surface area contributed by atoms with Crippen molar-refractivity contribution in [3.63, 3.8) is 0 Å². The number of hydrogen-bond donors (Lipinski definition) is 2. The first kappa shape index (κ1) is 8.52. The van der Waals surface area contributed by atoms with Gasteiger partial charge in [0.1, 0.15) is 0 Å². The molecule has 12 heavy (non-hydrogen) atoms. The maximum absolute atomic E-state index is 9.75. The Kier molecular flexibility index (Phi) is 2.37. The molecule has 0 bridgehead atoms. The molecule has 1 aliphatic heterocycles.